The van der Waals surface area contributed by atoms with Gasteiger partial charge in [0.05, 0.1) is 0 Å². The standard InChI is InChI=1S/C12H18N2O3/c1-9-8-10(15)5-7-14(9)6-3-2-4-11(13)12(16)17/h5,7-8,11H,2-4,6,13H2,1H3,(H,16,17). The maximum absolute atomic E-state index is 11.0. The van der Waals surface area contributed by atoms with Crippen molar-refractivity contribution >= 4 is 5.97 Å². The molecule has 1 atom stereocenters. The number of aromatic nitrogens is 1. The molecule has 1 unspecified atom stereocenters. The first-order chi connectivity index (χ1) is 8.00. The van der Waals surface area contributed by atoms with Crippen LogP contribution in [0.5, 0.6) is 0 Å². The van der Waals surface area contributed by atoms with Crippen LogP contribution in [0, 0.1) is 6.92 Å². The minimum atomic E-state index is -0.954. The van der Waals surface area contributed by atoms with Gasteiger partial charge in [-0.25, -0.2) is 0 Å². The Bertz CT molecular complexity index is 440. The summed E-state index contributed by atoms with van der Waals surface area (Å²) in [4.78, 5) is 21.5. The van der Waals surface area contributed by atoms with Crippen LogP contribution in [0.2, 0.25) is 0 Å². The molecule has 5 heteroatoms. The maximum Gasteiger partial charge on any atom is 0.320 e. The molecule has 0 bridgehead atoms. The van der Waals surface area contributed by atoms with Gasteiger partial charge in [0.15, 0.2) is 5.43 Å². The highest BCUT2D eigenvalue weighted by Gasteiger charge is 2.09. The van der Waals surface area contributed by atoms with E-state index in [4.69, 9.17) is 10.8 Å². The quantitative estimate of drug-likeness (QED) is 0.716. The molecule has 0 aliphatic rings. The summed E-state index contributed by atoms with van der Waals surface area (Å²) in [6, 6.07) is 2.34. The van der Waals surface area contributed by atoms with Crippen LogP contribution in [-0.2, 0) is 11.3 Å². The third-order valence-electron chi connectivity index (χ3n) is 2.70. The van der Waals surface area contributed by atoms with Crippen LogP contribution in [0.25, 0.3) is 0 Å². The predicted molar refractivity (Wildman–Crippen MR) is 64.9 cm³/mol. The number of carbonyl (C=O) groups is 1. The van der Waals surface area contributed by atoms with Crippen LogP contribution in [-0.4, -0.2) is 21.7 Å². The lowest BCUT2D eigenvalue weighted by Gasteiger charge is -2.10. The molecule has 1 heterocycles. The first kappa shape index (κ1) is 13.4. The van der Waals surface area contributed by atoms with Gasteiger partial charge in [-0.05, 0) is 26.2 Å². The van der Waals surface area contributed by atoms with Crippen molar-refractivity contribution in [3.63, 3.8) is 0 Å². The Hall–Kier alpha value is -1.62. The topological polar surface area (TPSA) is 85.3 Å². The number of nitrogens with zero attached hydrogens (tertiary/aromatic N) is 1. The number of hydrogen-bond donors (Lipinski definition) is 2. The lowest BCUT2D eigenvalue weighted by atomic mass is 10.1. The van der Waals surface area contributed by atoms with Crippen LogP contribution in [0.3, 0.4) is 0 Å². The minimum absolute atomic E-state index is 0.00616. The molecule has 0 radical (unpaired) electrons. The number of aryl methyl sites for hydroxylation is 2. The molecule has 1 aromatic heterocycles. The Kier molecular flexibility index (Phi) is 4.90. The van der Waals surface area contributed by atoms with Crippen LogP contribution < -0.4 is 11.2 Å². The number of carboxylic acids is 1. The van der Waals surface area contributed by atoms with Gasteiger partial charge < -0.3 is 15.4 Å². The fourth-order valence-electron chi connectivity index (χ4n) is 1.64. The van der Waals surface area contributed by atoms with Crippen molar-refractivity contribution in [3.8, 4) is 0 Å². The van der Waals surface area contributed by atoms with Gasteiger partial charge >= 0.3 is 5.97 Å². The second-order valence-corrected chi connectivity index (χ2v) is 4.14. The van der Waals surface area contributed by atoms with E-state index in [-0.39, 0.29) is 5.43 Å². The largest absolute Gasteiger partial charge is 0.480 e. The van der Waals surface area contributed by atoms with E-state index in [2.05, 4.69) is 0 Å². The summed E-state index contributed by atoms with van der Waals surface area (Å²) in [6.07, 6.45) is 3.85. The van der Waals surface area contributed by atoms with Gasteiger partial charge in [0.25, 0.3) is 0 Å². The highest BCUT2D eigenvalue weighted by Crippen LogP contribution is 2.03. The molecule has 1 aromatic rings. The molecule has 0 fully saturated rings. The van der Waals surface area contributed by atoms with Gasteiger partial charge in [-0.3, -0.25) is 9.59 Å². The highest BCUT2D eigenvalue weighted by atomic mass is 16.4. The van der Waals surface area contributed by atoms with Gasteiger partial charge in [0.1, 0.15) is 6.04 Å². The summed E-state index contributed by atoms with van der Waals surface area (Å²) in [7, 11) is 0. The average Bonchev–Trinajstić information content (AvgIpc) is 2.26. The monoisotopic (exact) mass is 238 g/mol. The normalized spacial score (nSPS) is 12.4. The van der Waals surface area contributed by atoms with Crippen molar-refractivity contribution in [1.82, 2.24) is 4.57 Å². The highest BCUT2D eigenvalue weighted by molar-refractivity contribution is 5.72. The number of nitrogens with two attached hydrogens (primary N) is 1. The number of hydrogen-bond acceptors (Lipinski definition) is 3. The van der Waals surface area contributed by atoms with Crippen molar-refractivity contribution in [1.29, 1.82) is 0 Å². The zero-order chi connectivity index (χ0) is 12.8. The van der Waals surface area contributed by atoms with Gasteiger partial charge in [-0.1, -0.05) is 0 Å². The Balaban J connectivity index is 2.36. The number of aliphatic carboxylic acids is 1. The number of rotatable bonds is 6. The maximum atomic E-state index is 11.0. The molecule has 5 nitrogen and oxygen atoms in total. The fourth-order valence-corrected chi connectivity index (χ4v) is 1.64. The lowest BCUT2D eigenvalue weighted by Crippen LogP contribution is -2.29. The van der Waals surface area contributed by atoms with E-state index in [0.717, 1.165) is 25.1 Å². The summed E-state index contributed by atoms with van der Waals surface area (Å²) in [5, 5.41) is 8.61. The van der Waals surface area contributed by atoms with Crippen molar-refractivity contribution in [3.05, 3.63) is 34.2 Å². The van der Waals surface area contributed by atoms with E-state index < -0.39 is 12.0 Å². The van der Waals surface area contributed by atoms with E-state index in [1.807, 2.05) is 11.5 Å². The first-order valence-electron chi connectivity index (χ1n) is 5.66. The molecule has 0 saturated heterocycles. The molecule has 0 amide bonds. The van der Waals surface area contributed by atoms with Crippen LogP contribution in [0.1, 0.15) is 25.0 Å². The van der Waals surface area contributed by atoms with Crippen molar-refractivity contribution in [2.75, 3.05) is 0 Å². The molecule has 0 spiro atoms. The molecule has 0 aliphatic heterocycles. The first-order valence-corrected chi connectivity index (χ1v) is 5.66. The van der Waals surface area contributed by atoms with E-state index in [0.29, 0.717) is 6.42 Å². The molecular formula is C12H18N2O3. The number of pyridine rings is 1. The van der Waals surface area contributed by atoms with Gasteiger partial charge in [0, 0.05) is 30.6 Å². The third kappa shape index (κ3) is 4.40. The van der Waals surface area contributed by atoms with Gasteiger partial charge in [0.2, 0.25) is 0 Å². The molecule has 0 aromatic carbocycles. The van der Waals surface area contributed by atoms with E-state index in [1.54, 1.807) is 12.3 Å². The third-order valence-corrected chi connectivity index (χ3v) is 2.70. The molecule has 94 valence electrons. The van der Waals surface area contributed by atoms with E-state index in [9.17, 15) is 9.59 Å². The Morgan fingerprint density at radius 2 is 2.24 bits per heavy atom. The summed E-state index contributed by atoms with van der Waals surface area (Å²) in [5.41, 5.74) is 6.32. The molecule has 3 N–H and O–H groups in total. The molecule has 17 heavy (non-hydrogen) atoms. The Morgan fingerprint density at radius 1 is 1.53 bits per heavy atom. The lowest BCUT2D eigenvalue weighted by molar-refractivity contribution is -0.138. The molecule has 0 aliphatic carbocycles. The SMILES string of the molecule is Cc1cc(=O)ccn1CCCCC(N)C(=O)O. The summed E-state index contributed by atoms with van der Waals surface area (Å²) in [5.74, 6) is -0.954. The molecule has 0 saturated carbocycles. The summed E-state index contributed by atoms with van der Waals surface area (Å²) >= 11 is 0. The van der Waals surface area contributed by atoms with Crippen LogP contribution in [0.4, 0.5) is 0 Å². The summed E-state index contributed by atoms with van der Waals surface area (Å²) in [6.45, 7) is 2.66. The second kappa shape index (κ2) is 6.20. The predicted octanol–water partition coefficient (Wildman–Crippen LogP) is 0.739. The zero-order valence-electron chi connectivity index (χ0n) is 9.93. The van der Waals surface area contributed by atoms with Gasteiger partial charge in [-0.2, -0.15) is 0 Å². The van der Waals surface area contributed by atoms with Crippen molar-refractivity contribution in [2.24, 2.45) is 5.73 Å². The number of carboxylic acid groups (broad SMARTS) is 1. The number of unbranched alkanes of at least 4 members (excludes halogenated alkanes) is 1. The second-order valence-electron chi connectivity index (χ2n) is 4.14. The van der Waals surface area contributed by atoms with Crippen molar-refractivity contribution < 1.29 is 9.90 Å². The minimum Gasteiger partial charge on any atom is -0.480 e. The Labute approximate surface area is 99.9 Å². The van der Waals surface area contributed by atoms with E-state index in [1.165, 1.54) is 6.07 Å². The Morgan fingerprint density at radius 3 is 2.82 bits per heavy atom. The van der Waals surface area contributed by atoms with Gasteiger partial charge in [-0.15, -0.1) is 0 Å². The molecule has 1 rings (SSSR count). The van der Waals surface area contributed by atoms with Crippen LogP contribution >= 0.6 is 0 Å². The van der Waals surface area contributed by atoms with Crippen LogP contribution in [0.15, 0.2) is 23.1 Å². The molecular weight excluding hydrogens is 220 g/mol. The van der Waals surface area contributed by atoms with Crippen molar-refractivity contribution in [2.45, 2.75) is 38.8 Å². The average molecular weight is 238 g/mol. The van der Waals surface area contributed by atoms with E-state index >= 15 is 0 Å². The summed E-state index contributed by atoms with van der Waals surface area (Å²) < 4.78 is 1.98. The smallest absolute Gasteiger partial charge is 0.320 e. The fraction of sp³-hybridized carbons (Fsp3) is 0.500. The zero-order valence-corrected chi connectivity index (χ0v) is 9.93.